The Morgan fingerprint density at radius 1 is 1.19 bits per heavy atom. The summed E-state index contributed by atoms with van der Waals surface area (Å²) in [6.07, 6.45) is 0.124. The molecule has 2 rings (SSSR count). The summed E-state index contributed by atoms with van der Waals surface area (Å²) in [5.41, 5.74) is 0.195. The number of aromatic nitrogens is 2. The molecule has 0 aliphatic rings. The molecule has 0 aliphatic carbocycles. The van der Waals surface area contributed by atoms with Gasteiger partial charge >= 0.3 is 0 Å². The molecule has 1 aromatic carbocycles. The predicted molar refractivity (Wildman–Crippen MR) is 97.2 cm³/mol. The topological polar surface area (TPSA) is 84.0 Å². The van der Waals surface area contributed by atoms with Gasteiger partial charge in [-0.25, -0.2) is 8.78 Å². The van der Waals surface area contributed by atoms with Crippen molar-refractivity contribution in [1.82, 2.24) is 15.5 Å². The van der Waals surface area contributed by atoms with Crippen molar-refractivity contribution in [2.75, 3.05) is 11.1 Å². The maximum absolute atomic E-state index is 13.2. The minimum Gasteiger partial charge on any atom is -0.344 e. The van der Waals surface area contributed by atoms with Gasteiger partial charge in [-0.05, 0) is 29.9 Å². The molecule has 0 fully saturated rings. The molecule has 6 nitrogen and oxygen atoms in total. The van der Waals surface area contributed by atoms with Crippen LogP contribution in [0.4, 0.5) is 13.9 Å². The zero-order valence-electron chi connectivity index (χ0n) is 14.2. The number of carbonyl (C=O) groups excluding carboxylic acids is 2. The normalized spacial score (nSPS) is 11.8. The van der Waals surface area contributed by atoms with Gasteiger partial charge in [0, 0.05) is 6.07 Å². The van der Waals surface area contributed by atoms with Crippen LogP contribution in [-0.2, 0) is 16.0 Å². The molecule has 140 valence electrons. The first-order valence-electron chi connectivity index (χ1n) is 7.92. The summed E-state index contributed by atoms with van der Waals surface area (Å²) in [6.45, 7) is 3.72. The summed E-state index contributed by atoms with van der Waals surface area (Å²) in [7, 11) is 0. The Kier molecular flexibility index (Phi) is 7.46. The third-order valence-electron chi connectivity index (χ3n) is 3.25. The fraction of sp³-hybridized carbons (Fsp3) is 0.375. The van der Waals surface area contributed by atoms with Gasteiger partial charge in [-0.1, -0.05) is 36.9 Å². The molecule has 0 radical (unpaired) electrons. The molecule has 0 spiro atoms. The molecule has 0 saturated heterocycles. The minimum atomic E-state index is -0.785. The Labute approximate surface area is 157 Å². The van der Waals surface area contributed by atoms with Gasteiger partial charge in [-0.2, -0.15) is 0 Å². The van der Waals surface area contributed by atoms with Gasteiger partial charge < -0.3 is 5.32 Å². The molecular formula is C16H18F2N4O2S2. The predicted octanol–water partition coefficient (Wildman–Crippen LogP) is 3.00. The monoisotopic (exact) mass is 400 g/mol. The number of hydrogen-bond donors (Lipinski definition) is 2. The van der Waals surface area contributed by atoms with E-state index in [-0.39, 0.29) is 12.0 Å². The Bertz CT molecular complexity index is 765. The van der Waals surface area contributed by atoms with Crippen molar-refractivity contribution in [3.05, 3.63) is 35.4 Å². The molecule has 2 amide bonds. The Balaban J connectivity index is 1.93. The smallest absolute Gasteiger partial charge is 0.248 e. The largest absolute Gasteiger partial charge is 0.344 e. The van der Waals surface area contributed by atoms with Gasteiger partial charge in [-0.15, -0.1) is 10.2 Å². The number of halogens is 2. The van der Waals surface area contributed by atoms with E-state index >= 15 is 0 Å². The molecule has 10 heteroatoms. The van der Waals surface area contributed by atoms with Crippen LogP contribution < -0.4 is 10.6 Å². The van der Waals surface area contributed by atoms with Crippen LogP contribution in [0.2, 0.25) is 0 Å². The second-order valence-corrected chi connectivity index (χ2v) is 7.77. The van der Waals surface area contributed by atoms with E-state index < -0.39 is 29.5 Å². The van der Waals surface area contributed by atoms with Gasteiger partial charge in [0.25, 0.3) is 0 Å². The second kappa shape index (κ2) is 9.58. The van der Waals surface area contributed by atoms with Gasteiger partial charge in [0.2, 0.25) is 16.9 Å². The van der Waals surface area contributed by atoms with Crippen LogP contribution in [0.25, 0.3) is 0 Å². The minimum absolute atomic E-state index is 0.195. The molecule has 26 heavy (non-hydrogen) atoms. The van der Waals surface area contributed by atoms with Gasteiger partial charge in [0.15, 0.2) is 4.34 Å². The SMILES string of the molecule is CCSc1nnc(NC(=O)C(CC)NC(=O)Cc2cc(F)cc(F)c2)s1. The number of thioether (sulfide) groups is 1. The summed E-state index contributed by atoms with van der Waals surface area (Å²) in [4.78, 5) is 24.4. The first-order chi connectivity index (χ1) is 12.4. The van der Waals surface area contributed by atoms with Crippen LogP contribution in [-0.4, -0.2) is 33.8 Å². The maximum atomic E-state index is 13.2. The number of anilines is 1. The van der Waals surface area contributed by atoms with Crippen LogP contribution in [0, 0.1) is 11.6 Å². The first kappa shape index (κ1) is 20.2. The van der Waals surface area contributed by atoms with E-state index in [1.54, 1.807) is 6.92 Å². The molecule has 0 saturated carbocycles. The van der Waals surface area contributed by atoms with Crippen LogP contribution in [0.15, 0.2) is 22.5 Å². The summed E-state index contributed by atoms with van der Waals surface area (Å²) in [6, 6.07) is 2.11. The third kappa shape index (κ3) is 6.03. The van der Waals surface area contributed by atoms with Gasteiger partial charge in [0.1, 0.15) is 17.7 Å². The highest BCUT2D eigenvalue weighted by Crippen LogP contribution is 2.25. The third-order valence-corrected chi connectivity index (χ3v) is 5.11. The number of hydrogen-bond acceptors (Lipinski definition) is 6. The number of nitrogens with zero attached hydrogens (tertiary/aromatic N) is 2. The zero-order chi connectivity index (χ0) is 19.1. The van der Waals surface area contributed by atoms with Crippen LogP contribution in [0.5, 0.6) is 0 Å². The van der Waals surface area contributed by atoms with Crippen molar-refractivity contribution < 1.29 is 18.4 Å². The van der Waals surface area contributed by atoms with E-state index in [4.69, 9.17) is 0 Å². The number of carbonyl (C=O) groups is 2. The van der Waals surface area contributed by atoms with Crippen molar-refractivity contribution in [3.8, 4) is 0 Å². The van der Waals surface area contributed by atoms with Crippen molar-refractivity contribution in [3.63, 3.8) is 0 Å². The fourth-order valence-corrected chi connectivity index (χ4v) is 3.78. The molecule has 1 atom stereocenters. The van der Waals surface area contributed by atoms with Crippen molar-refractivity contribution in [2.45, 2.75) is 37.1 Å². The standard InChI is InChI=1S/C16H18F2N4O2S2/c1-3-12(14(24)20-15-21-22-16(26-15)25-4-2)19-13(23)7-9-5-10(17)8-11(18)6-9/h5-6,8,12H,3-4,7H2,1-2H3,(H,19,23)(H,20,21,24). The molecule has 1 aromatic heterocycles. The lowest BCUT2D eigenvalue weighted by molar-refractivity contribution is -0.126. The summed E-state index contributed by atoms with van der Waals surface area (Å²) in [5, 5.41) is 13.3. The quantitative estimate of drug-likeness (QED) is 0.526. The van der Waals surface area contributed by atoms with Gasteiger partial charge in [0.05, 0.1) is 6.42 Å². The van der Waals surface area contributed by atoms with E-state index in [1.165, 1.54) is 23.1 Å². The van der Waals surface area contributed by atoms with Crippen LogP contribution in [0.3, 0.4) is 0 Å². The second-order valence-electron chi connectivity index (χ2n) is 5.28. The molecular weight excluding hydrogens is 382 g/mol. The number of nitrogens with one attached hydrogen (secondary N) is 2. The Morgan fingerprint density at radius 3 is 2.50 bits per heavy atom. The highest BCUT2D eigenvalue weighted by atomic mass is 32.2. The van der Waals surface area contributed by atoms with E-state index in [9.17, 15) is 18.4 Å². The summed E-state index contributed by atoms with van der Waals surface area (Å²) >= 11 is 2.77. The molecule has 1 unspecified atom stereocenters. The lowest BCUT2D eigenvalue weighted by Gasteiger charge is -2.15. The zero-order valence-corrected chi connectivity index (χ0v) is 15.8. The van der Waals surface area contributed by atoms with Gasteiger partial charge in [-0.3, -0.25) is 14.9 Å². The van der Waals surface area contributed by atoms with Crippen LogP contribution >= 0.6 is 23.1 Å². The highest BCUT2D eigenvalue weighted by molar-refractivity contribution is 8.01. The summed E-state index contributed by atoms with van der Waals surface area (Å²) < 4.78 is 27.1. The van der Waals surface area contributed by atoms with E-state index in [2.05, 4.69) is 20.8 Å². The first-order valence-corrected chi connectivity index (χ1v) is 9.73. The lowest BCUT2D eigenvalue weighted by atomic mass is 10.1. The number of rotatable bonds is 8. The number of benzene rings is 1. The van der Waals surface area contributed by atoms with E-state index in [1.807, 2.05) is 6.92 Å². The maximum Gasteiger partial charge on any atom is 0.248 e. The molecule has 0 bridgehead atoms. The Hall–Kier alpha value is -2.07. The summed E-state index contributed by atoms with van der Waals surface area (Å²) in [5.74, 6) is -1.59. The van der Waals surface area contributed by atoms with E-state index in [0.717, 1.165) is 28.3 Å². The fourth-order valence-electron chi connectivity index (χ4n) is 2.13. The van der Waals surface area contributed by atoms with Crippen molar-refractivity contribution >= 4 is 40.0 Å². The van der Waals surface area contributed by atoms with Crippen molar-refractivity contribution in [2.24, 2.45) is 0 Å². The lowest BCUT2D eigenvalue weighted by Crippen LogP contribution is -2.44. The van der Waals surface area contributed by atoms with Crippen LogP contribution in [0.1, 0.15) is 25.8 Å². The Morgan fingerprint density at radius 2 is 1.88 bits per heavy atom. The molecule has 0 aliphatic heterocycles. The van der Waals surface area contributed by atoms with Crippen molar-refractivity contribution in [1.29, 1.82) is 0 Å². The number of amides is 2. The molecule has 2 aromatic rings. The van der Waals surface area contributed by atoms with E-state index in [0.29, 0.717) is 11.6 Å². The average molecular weight is 400 g/mol. The molecule has 2 N–H and O–H groups in total. The highest BCUT2D eigenvalue weighted by Gasteiger charge is 2.20. The average Bonchev–Trinajstić information content (AvgIpc) is 2.99. The molecule has 1 heterocycles.